The van der Waals surface area contributed by atoms with Crippen LogP contribution >= 0.6 is 11.3 Å². The zero-order chi connectivity index (χ0) is 24.7. The Morgan fingerprint density at radius 1 is 1.23 bits per heavy atom. The summed E-state index contributed by atoms with van der Waals surface area (Å²) in [6, 6.07) is 6.70. The van der Waals surface area contributed by atoms with Crippen molar-refractivity contribution in [2.75, 3.05) is 19.7 Å². The molecule has 0 spiro atoms. The molecule has 35 heavy (non-hydrogen) atoms. The van der Waals surface area contributed by atoms with E-state index in [4.69, 9.17) is 14.5 Å². The highest BCUT2D eigenvalue weighted by Crippen LogP contribution is 2.42. The van der Waals surface area contributed by atoms with Gasteiger partial charge in [0.05, 0.1) is 12.3 Å². The number of piperidine rings is 1. The van der Waals surface area contributed by atoms with E-state index in [9.17, 15) is 4.79 Å². The van der Waals surface area contributed by atoms with Crippen molar-refractivity contribution in [3.63, 3.8) is 0 Å². The second-order valence-electron chi connectivity index (χ2n) is 10.5. The molecule has 0 aliphatic carbocycles. The van der Waals surface area contributed by atoms with Crippen molar-refractivity contribution in [1.82, 2.24) is 24.6 Å². The number of aromatic nitrogens is 4. The Labute approximate surface area is 210 Å². The average Bonchev–Trinajstić information content (AvgIpc) is 3.42. The Kier molecular flexibility index (Phi) is 6.29. The first-order valence-electron chi connectivity index (χ1n) is 12.3. The quantitative estimate of drug-likeness (QED) is 0.464. The van der Waals surface area contributed by atoms with E-state index in [-0.39, 0.29) is 12.1 Å². The molecule has 1 saturated heterocycles. The third-order valence-electron chi connectivity index (χ3n) is 6.41. The Morgan fingerprint density at radius 2 is 2.00 bits per heavy atom. The number of ether oxygens (including phenoxy) is 2. The molecule has 2 aliphatic rings. The standard InChI is InChI=1S/C26H33N5O3S/c1-16(2)31-23(27-15-28-31)24-29-22-19-14-18(6-7-20(19)33-13-10-21(22)35-24)17-8-11-30(12-9-17)25(32)34-26(3,4)5/h6-7,14-17H,8-13H2,1-5H3. The molecule has 0 saturated carbocycles. The van der Waals surface area contributed by atoms with Gasteiger partial charge < -0.3 is 14.4 Å². The van der Waals surface area contributed by atoms with Crippen molar-refractivity contribution < 1.29 is 14.3 Å². The van der Waals surface area contributed by atoms with Crippen LogP contribution in [-0.2, 0) is 11.2 Å². The predicted molar refractivity (Wildman–Crippen MR) is 136 cm³/mol. The van der Waals surface area contributed by atoms with E-state index in [0.29, 0.717) is 25.6 Å². The van der Waals surface area contributed by atoms with Crippen LogP contribution in [0.25, 0.3) is 22.1 Å². The summed E-state index contributed by atoms with van der Waals surface area (Å²) >= 11 is 1.68. The molecule has 0 atom stereocenters. The Hall–Kier alpha value is -2.94. The number of benzene rings is 1. The van der Waals surface area contributed by atoms with Crippen LogP contribution < -0.4 is 4.74 Å². The van der Waals surface area contributed by atoms with Gasteiger partial charge in [-0.2, -0.15) is 5.10 Å². The predicted octanol–water partition coefficient (Wildman–Crippen LogP) is 5.70. The van der Waals surface area contributed by atoms with Gasteiger partial charge in [0.15, 0.2) is 10.8 Å². The topological polar surface area (TPSA) is 82.4 Å². The largest absolute Gasteiger partial charge is 0.493 e. The molecule has 1 fully saturated rings. The number of nitrogens with zero attached hydrogens (tertiary/aromatic N) is 5. The number of carbonyl (C=O) groups is 1. The van der Waals surface area contributed by atoms with Crippen LogP contribution in [-0.4, -0.2) is 56.0 Å². The van der Waals surface area contributed by atoms with Crippen molar-refractivity contribution in [1.29, 1.82) is 0 Å². The van der Waals surface area contributed by atoms with E-state index in [1.54, 1.807) is 17.7 Å². The first-order valence-corrected chi connectivity index (χ1v) is 13.2. The zero-order valence-corrected chi connectivity index (χ0v) is 21.9. The van der Waals surface area contributed by atoms with Gasteiger partial charge in [-0.15, -0.1) is 11.3 Å². The maximum absolute atomic E-state index is 12.5. The van der Waals surface area contributed by atoms with Gasteiger partial charge in [0.2, 0.25) is 0 Å². The normalized spacial score (nSPS) is 16.5. The minimum atomic E-state index is -0.475. The highest BCUT2D eigenvalue weighted by molar-refractivity contribution is 7.15. The smallest absolute Gasteiger partial charge is 0.410 e. The summed E-state index contributed by atoms with van der Waals surface area (Å²) < 4.78 is 13.6. The lowest BCUT2D eigenvalue weighted by atomic mass is 9.88. The molecular weight excluding hydrogens is 462 g/mol. The molecule has 0 radical (unpaired) electrons. The van der Waals surface area contributed by atoms with Crippen molar-refractivity contribution in [3.8, 4) is 27.8 Å². The average molecular weight is 496 g/mol. The molecule has 186 valence electrons. The third-order valence-corrected chi connectivity index (χ3v) is 7.53. The van der Waals surface area contributed by atoms with Crippen LogP contribution in [0.3, 0.4) is 0 Å². The zero-order valence-electron chi connectivity index (χ0n) is 21.1. The summed E-state index contributed by atoms with van der Waals surface area (Å²) in [6.45, 7) is 11.9. The van der Waals surface area contributed by atoms with Crippen LogP contribution in [0.15, 0.2) is 24.5 Å². The summed E-state index contributed by atoms with van der Waals surface area (Å²) in [5.41, 5.74) is 2.83. The van der Waals surface area contributed by atoms with Gasteiger partial charge in [0.25, 0.3) is 0 Å². The number of hydrogen-bond acceptors (Lipinski definition) is 7. The monoisotopic (exact) mass is 495 g/mol. The maximum atomic E-state index is 12.5. The lowest BCUT2D eigenvalue weighted by Gasteiger charge is -2.33. The summed E-state index contributed by atoms with van der Waals surface area (Å²) in [5.74, 6) is 2.07. The van der Waals surface area contributed by atoms with Crippen LogP contribution in [0.2, 0.25) is 0 Å². The second-order valence-corrected chi connectivity index (χ2v) is 11.6. The number of carbonyl (C=O) groups excluding carboxylic acids is 1. The summed E-state index contributed by atoms with van der Waals surface area (Å²) in [7, 11) is 0. The fourth-order valence-corrected chi connectivity index (χ4v) is 5.74. The number of hydrogen-bond donors (Lipinski definition) is 0. The first-order chi connectivity index (χ1) is 16.7. The summed E-state index contributed by atoms with van der Waals surface area (Å²) in [5, 5.41) is 5.28. The van der Waals surface area contributed by atoms with Gasteiger partial charge in [-0.05, 0) is 71.1 Å². The van der Waals surface area contributed by atoms with E-state index < -0.39 is 5.60 Å². The number of likely N-dealkylation sites (tertiary alicyclic amines) is 1. The highest BCUT2D eigenvalue weighted by Gasteiger charge is 2.29. The van der Waals surface area contributed by atoms with Gasteiger partial charge in [0, 0.05) is 36.0 Å². The lowest BCUT2D eigenvalue weighted by molar-refractivity contribution is 0.0205. The molecule has 0 unspecified atom stereocenters. The Bertz CT molecular complexity index is 1220. The third kappa shape index (κ3) is 4.91. The SMILES string of the molecule is CC(C)n1ncnc1-c1nc2c(s1)CCOc1ccc(C3CCN(C(=O)OC(C)(C)C)CC3)cc1-2. The van der Waals surface area contributed by atoms with Crippen LogP contribution in [0.4, 0.5) is 4.79 Å². The van der Waals surface area contributed by atoms with Crippen LogP contribution in [0, 0.1) is 0 Å². The number of rotatable bonds is 3. The van der Waals surface area contributed by atoms with E-state index in [0.717, 1.165) is 47.1 Å². The molecule has 0 N–H and O–H groups in total. The van der Waals surface area contributed by atoms with Crippen molar-refractivity contribution in [3.05, 3.63) is 35.0 Å². The van der Waals surface area contributed by atoms with Gasteiger partial charge >= 0.3 is 6.09 Å². The van der Waals surface area contributed by atoms with Gasteiger partial charge in [0.1, 0.15) is 17.7 Å². The van der Waals surface area contributed by atoms with Gasteiger partial charge in [-0.1, -0.05) is 6.07 Å². The van der Waals surface area contributed by atoms with Gasteiger partial charge in [-0.25, -0.2) is 19.4 Å². The molecule has 3 aromatic rings. The molecule has 0 bridgehead atoms. The highest BCUT2D eigenvalue weighted by atomic mass is 32.1. The molecule has 1 amide bonds. The number of fused-ring (bicyclic) bond motifs is 3. The maximum Gasteiger partial charge on any atom is 0.410 e. The molecule has 4 heterocycles. The lowest BCUT2D eigenvalue weighted by Crippen LogP contribution is -2.41. The second kappa shape index (κ2) is 9.26. The molecule has 2 aromatic heterocycles. The molecule has 2 aliphatic heterocycles. The molecule has 8 nitrogen and oxygen atoms in total. The van der Waals surface area contributed by atoms with Crippen molar-refractivity contribution in [2.45, 2.75) is 71.4 Å². The fourth-order valence-electron chi connectivity index (χ4n) is 4.70. The van der Waals surface area contributed by atoms with Gasteiger partial charge in [-0.3, -0.25) is 0 Å². The Balaban J connectivity index is 1.39. The molecule has 9 heteroatoms. The summed E-state index contributed by atoms with van der Waals surface area (Å²) in [4.78, 5) is 25.0. The summed E-state index contributed by atoms with van der Waals surface area (Å²) in [6.07, 6.45) is 4.01. The van der Waals surface area contributed by atoms with E-state index in [2.05, 4.69) is 42.1 Å². The molecule has 1 aromatic carbocycles. The number of amides is 1. The van der Waals surface area contributed by atoms with Crippen LogP contribution in [0.5, 0.6) is 5.75 Å². The van der Waals surface area contributed by atoms with E-state index in [1.807, 2.05) is 30.4 Å². The molecular formula is C26H33N5O3S. The van der Waals surface area contributed by atoms with E-state index in [1.165, 1.54) is 10.4 Å². The molecule has 5 rings (SSSR count). The Morgan fingerprint density at radius 3 is 2.71 bits per heavy atom. The minimum absolute atomic E-state index is 0.213. The fraction of sp³-hybridized carbons (Fsp3) is 0.538. The first kappa shape index (κ1) is 23.8. The minimum Gasteiger partial charge on any atom is -0.493 e. The van der Waals surface area contributed by atoms with Crippen molar-refractivity contribution >= 4 is 17.4 Å². The van der Waals surface area contributed by atoms with E-state index >= 15 is 0 Å². The van der Waals surface area contributed by atoms with Crippen LogP contribution in [0.1, 0.15) is 69.9 Å². The van der Waals surface area contributed by atoms with Crippen molar-refractivity contribution in [2.24, 2.45) is 0 Å². The number of thiazole rings is 1.